The molecule has 0 unspecified atom stereocenters. The number of H-pyrrole nitrogens is 1. The summed E-state index contributed by atoms with van der Waals surface area (Å²) < 4.78 is 1.83. The van der Waals surface area contributed by atoms with Crippen LogP contribution in [0.4, 0.5) is 11.6 Å². The SMILES string of the molecule is Cc1[nH]nc2cc(Nc3nc4cccc(CN5CCNC(=O)C5)n4n3)ccc12.[HH].[HH]. The van der Waals surface area contributed by atoms with Crippen molar-refractivity contribution in [3.05, 3.63) is 47.8 Å². The van der Waals surface area contributed by atoms with Crippen molar-refractivity contribution in [2.45, 2.75) is 13.5 Å². The molecule has 9 nitrogen and oxygen atoms in total. The highest BCUT2D eigenvalue weighted by molar-refractivity contribution is 5.85. The van der Waals surface area contributed by atoms with Crippen LogP contribution >= 0.6 is 0 Å². The summed E-state index contributed by atoms with van der Waals surface area (Å²) in [4.78, 5) is 18.3. The maximum atomic E-state index is 11.6. The summed E-state index contributed by atoms with van der Waals surface area (Å²) in [5, 5.41) is 19.1. The van der Waals surface area contributed by atoms with Crippen molar-refractivity contribution in [2.75, 3.05) is 25.0 Å². The lowest BCUT2D eigenvalue weighted by Crippen LogP contribution is -2.47. The summed E-state index contributed by atoms with van der Waals surface area (Å²) in [6.07, 6.45) is 0. The van der Waals surface area contributed by atoms with E-state index in [0.29, 0.717) is 25.6 Å². The molecule has 0 atom stereocenters. The van der Waals surface area contributed by atoms with E-state index in [9.17, 15) is 4.79 Å². The summed E-state index contributed by atoms with van der Waals surface area (Å²) in [6, 6.07) is 11.9. The van der Waals surface area contributed by atoms with Gasteiger partial charge in [-0.25, -0.2) is 4.52 Å². The Bertz CT molecular complexity index is 1190. The number of carbonyl (C=O) groups excluding carboxylic acids is 1. The van der Waals surface area contributed by atoms with Gasteiger partial charge in [0.2, 0.25) is 11.9 Å². The number of hydrogen-bond donors (Lipinski definition) is 3. The Kier molecular flexibility index (Phi) is 3.94. The van der Waals surface area contributed by atoms with E-state index in [1.165, 1.54) is 0 Å². The van der Waals surface area contributed by atoms with E-state index in [4.69, 9.17) is 0 Å². The van der Waals surface area contributed by atoms with Crippen molar-refractivity contribution in [2.24, 2.45) is 0 Å². The summed E-state index contributed by atoms with van der Waals surface area (Å²) >= 11 is 0. The highest BCUT2D eigenvalue weighted by atomic mass is 16.2. The van der Waals surface area contributed by atoms with E-state index in [2.05, 4.69) is 35.8 Å². The van der Waals surface area contributed by atoms with E-state index in [1.54, 1.807) is 0 Å². The van der Waals surface area contributed by atoms with Crippen LogP contribution in [0.15, 0.2) is 36.4 Å². The van der Waals surface area contributed by atoms with Crippen molar-refractivity contribution in [1.29, 1.82) is 0 Å². The van der Waals surface area contributed by atoms with Crippen molar-refractivity contribution >= 4 is 34.1 Å². The highest BCUT2D eigenvalue weighted by Crippen LogP contribution is 2.22. The van der Waals surface area contributed by atoms with Crippen LogP contribution in [0, 0.1) is 6.92 Å². The van der Waals surface area contributed by atoms with Gasteiger partial charge in [0.25, 0.3) is 0 Å². The number of anilines is 2. The fourth-order valence-electron chi connectivity index (χ4n) is 3.54. The van der Waals surface area contributed by atoms with Crippen LogP contribution in [-0.2, 0) is 11.3 Å². The van der Waals surface area contributed by atoms with E-state index >= 15 is 0 Å². The average molecular weight is 380 g/mol. The van der Waals surface area contributed by atoms with Crippen LogP contribution in [0.25, 0.3) is 16.6 Å². The number of aryl methyl sites for hydroxylation is 1. The molecule has 9 heteroatoms. The van der Waals surface area contributed by atoms with Gasteiger partial charge in [0.1, 0.15) is 0 Å². The lowest BCUT2D eigenvalue weighted by molar-refractivity contribution is -0.124. The Morgan fingerprint density at radius 1 is 1.29 bits per heavy atom. The number of pyridine rings is 1. The van der Waals surface area contributed by atoms with Crippen LogP contribution in [-0.4, -0.2) is 55.2 Å². The molecule has 1 aliphatic rings. The fraction of sp³-hybridized carbons (Fsp3) is 0.263. The zero-order valence-corrected chi connectivity index (χ0v) is 15.4. The molecule has 146 valence electrons. The normalized spacial score (nSPS) is 15.2. The van der Waals surface area contributed by atoms with E-state index in [-0.39, 0.29) is 8.76 Å². The zero-order chi connectivity index (χ0) is 19.1. The van der Waals surface area contributed by atoms with Gasteiger partial charge in [0, 0.05) is 39.3 Å². The fourth-order valence-corrected chi connectivity index (χ4v) is 3.54. The molecule has 0 aliphatic carbocycles. The van der Waals surface area contributed by atoms with Crippen LogP contribution in [0.5, 0.6) is 0 Å². The maximum absolute atomic E-state index is 11.6. The molecule has 4 aromatic rings. The van der Waals surface area contributed by atoms with Crippen molar-refractivity contribution in [1.82, 2.24) is 35.0 Å². The number of fused-ring (bicyclic) bond motifs is 2. The lowest BCUT2D eigenvalue weighted by Gasteiger charge is -2.26. The monoisotopic (exact) mass is 380 g/mol. The second kappa shape index (κ2) is 6.61. The van der Waals surface area contributed by atoms with E-state index in [0.717, 1.165) is 40.2 Å². The number of amides is 1. The minimum atomic E-state index is 0. The minimum absolute atomic E-state index is 0. The molecule has 0 bridgehead atoms. The molecule has 1 aliphatic heterocycles. The third kappa shape index (κ3) is 3.05. The number of rotatable bonds is 4. The first-order valence-electron chi connectivity index (χ1n) is 9.21. The molecule has 3 N–H and O–H groups in total. The number of aromatic amines is 1. The van der Waals surface area contributed by atoms with Crippen LogP contribution in [0.3, 0.4) is 0 Å². The predicted octanol–water partition coefficient (Wildman–Crippen LogP) is 2.08. The number of carbonyl (C=O) groups is 1. The first kappa shape index (κ1) is 16.7. The Morgan fingerprint density at radius 2 is 2.21 bits per heavy atom. The van der Waals surface area contributed by atoms with Crippen LogP contribution in [0.1, 0.15) is 14.2 Å². The van der Waals surface area contributed by atoms with Gasteiger partial charge in [0.05, 0.1) is 17.8 Å². The number of hydrogen-bond acceptors (Lipinski definition) is 6. The molecule has 0 spiro atoms. The third-order valence-corrected chi connectivity index (χ3v) is 4.94. The van der Waals surface area contributed by atoms with Crippen LogP contribution in [0.2, 0.25) is 0 Å². The first-order valence-corrected chi connectivity index (χ1v) is 9.21. The topological polar surface area (TPSA) is 103 Å². The predicted molar refractivity (Wildman–Crippen MR) is 110 cm³/mol. The van der Waals surface area contributed by atoms with Crippen LogP contribution < -0.4 is 10.6 Å². The molecule has 1 fully saturated rings. The molecular weight excluding hydrogens is 356 g/mol. The summed E-state index contributed by atoms with van der Waals surface area (Å²) in [7, 11) is 0. The molecule has 5 rings (SSSR count). The minimum Gasteiger partial charge on any atom is -0.354 e. The highest BCUT2D eigenvalue weighted by Gasteiger charge is 2.18. The Hall–Kier alpha value is -3.46. The number of piperazine rings is 1. The Morgan fingerprint density at radius 3 is 3.11 bits per heavy atom. The van der Waals surface area contributed by atoms with Crippen molar-refractivity contribution in [3.63, 3.8) is 0 Å². The second-order valence-corrected chi connectivity index (χ2v) is 6.99. The van der Waals surface area contributed by atoms with E-state index < -0.39 is 0 Å². The van der Waals surface area contributed by atoms with Gasteiger partial charge < -0.3 is 10.6 Å². The van der Waals surface area contributed by atoms with Gasteiger partial charge in [-0.2, -0.15) is 10.1 Å². The van der Waals surface area contributed by atoms with Crippen molar-refractivity contribution in [3.8, 4) is 0 Å². The largest absolute Gasteiger partial charge is 0.354 e. The van der Waals surface area contributed by atoms with Gasteiger partial charge in [-0.3, -0.25) is 14.8 Å². The molecule has 0 radical (unpaired) electrons. The molecule has 3 aromatic heterocycles. The molecule has 1 saturated heterocycles. The second-order valence-electron chi connectivity index (χ2n) is 6.99. The number of nitrogens with one attached hydrogen (secondary N) is 3. The maximum Gasteiger partial charge on any atom is 0.247 e. The number of benzene rings is 1. The molecule has 1 amide bonds. The summed E-state index contributed by atoms with van der Waals surface area (Å²) in [5.74, 6) is 0.582. The lowest BCUT2D eigenvalue weighted by atomic mass is 10.2. The quantitative estimate of drug-likeness (QED) is 0.501. The number of aromatic nitrogens is 5. The Balaban J connectivity index is 0.00000128. The molecule has 1 aromatic carbocycles. The van der Waals surface area contributed by atoms with Crippen molar-refractivity contribution < 1.29 is 7.65 Å². The van der Waals surface area contributed by atoms with Gasteiger partial charge in [-0.15, -0.1) is 5.10 Å². The average Bonchev–Trinajstić information content (AvgIpc) is 3.26. The molecule has 28 heavy (non-hydrogen) atoms. The zero-order valence-electron chi connectivity index (χ0n) is 15.4. The van der Waals surface area contributed by atoms with Gasteiger partial charge in [-0.05, 0) is 37.3 Å². The summed E-state index contributed by atoms with van der Waals surface area (Å²) in [5.41, 5.74) is 4.58. The van der Waals surface area contributed by atoms with E-state index in [1.807, 2.05) is 47.8 Å². The summed E-state index contributed by atoms with van der Waals surface area (Å²) in [6.45, 7) is 4.55. The Labute approximate surface area is 163 Å². The molecular formula is C19H24N8O. The number of nitrogens with zero attached hydrogens (tertiary/aromatic N) is 5. The van der Waals surface area contributed by atoms with Gasteiger partial charge >= 0.3 is 0 Å². The standard InChI is InChI=1S/C19H20N8O.2H2/c1-12-15-6-5-13(9-16(15)24-23-12)21-19-22-17-4-2-3-14(27(17)25-19)10-26-8-7-20-18(28)11-26;;/h2-6,9H,7-8,10-11H2,1H3,(H,20,28)(H,21,25)(H,23,24);2*1H. The smallest absolute Gasteiger partial charge is 0.247 e. The molecule has 0 saturated carbocycles. The van der Waals surface area contributed by atoms with Gasteiger partial charge in [0.15, 0.2) is 5.65 Å². The van der Waals surface area contributed by atoms with Gasteiger partial charge in [-0.1, -0.05) is 6.07 Å². The first-order chi connectivity index (χ1) is 13.7. The third-order valence-electron chi connectivity index (χ3n) is 4.94. The molecule has 4 heterocycles.